The highest BCUT2D eigenvalue weighted by molar-refractivity contribution is 4.91. The van der Waals surface area contributed by atoms with Crippen LogP contribution in [0.2, 0.25) is 0 Å². The van der Waals surface area contributed by atoms with Gasteiger partial charge >= 0.3 is 0 Å². The fourth-order valence-electron chi connectivity index (χ4n) is 2.26. The Balaban J connectivity index is 1.97. The van der Waals surface area contributed by atoms with Gasteiger partial charge in [-0.1, -0.05) is 0 Å². The van der Waals surface area contributed by atoms with Crippen molar-refractivity contribution in [1.29, 1.82) is 0 Å². The van der Waals surface area contributed by atoms with E-state index in [1.807, 2.05) is 6.33 Å². The van der Waals surface area contributed by atoms with E-state index in [4.69, 9.17) is 5.73 Å². The number of nitrogens with two attached hydrogens (primary N) is 1. The number of aromatic nitrogens is 3. The Kier molecular flexibility index (Phi) is 2.82. The predicted molar refractivity (Wildman–Crippen MR) is 54.7 cm³/mol. The molecule has 0 spiro atoms. The van der Waals surface area contributed by atoms with Gasteiger partial charge in [0.1, 0.15) is 12.2 Å². The van der Waals surface area contributed by atoms with Crippen LogP contribution in [0, 0.1) is 5.92 Å². The van der Waals surface area contributed by atoms with Crippen molar-refractivity contribution in [2.75, 3.05) is 0 Å². The molecule has 1 aliphatic rings. The standard InChI is InChI=1S/C10H18N4/c1-2-14-7-12-13-10(14)6-8-3-4-9(11)5-8/h7-9H,2-6,11H2,1H3. The molecule has 0 aliphatic heterocycles. The van der Waals surface area contributed by atoms with Crippen LogP contribution in [0.1, 0.15) is 32.0 Å². The largest absolute Gasteiger partial charge is 0.328 e. The number of aryl methyl sites for hydroxylation is 1. The fourth-order valence-corrected chi connectivity index (χ4v) is 2.26. The van der Waals surface area contributed by atoms with E-state index in [1.54, 1.807) is 0 Å². The van der Waals surface area contributed by atoms with Crippen LogP contribution in [0.4, 0.5) is 0 Å². The van der Waals surface area contributed by atoms with Crippen LogP contribution in [0.5, 0.6) is 0 Å². The lowest BCUT2D eigenvalue weighted by Gasteiger charge is -2.09. The second-order valence-corrected chi connectivity index (χ2v) is 4.18. The smallest absolute Gasteiger partial charge is 0.133 e. The predicted octanol–water partition coefficient (Wildman–Crippen LogP) is 0.968. The third-order valence-electron chi connectivity index (χ3n) is 3.09. The number of rotatable bonds is 3. The van der Waals surface area contributed by atoms with Gasteiger partial charge in [0.05, 0.1) is 0 Å². The van der Waals surface area contributed by atoms with E-state index in [0.717, 1.165) is 31.1 Å². The normalized spacial score (nSPS) is 27.0. The van der Waals surface area contributed by atoms with Crippen molar-refractivity contribution in [3.8, 4) is 0 Å². The van der Waals surface area contributed by atoms with Crippen molar-refractivity contribution >= 4 is 0 Å². The van der Waals surface area contributed by atoms with Crippen molar-refractivity contribution in [1.82, 2.24) is 14.8 Å². The molecule has 14 heavy (non-hydrogen) atoms. The summed E-state index contributed by atoms with van der Waals surface area (Å²) < 4.78 is 2.11. The van der Waals surface area contributed by atoms with Gasteiger partial charge in [0.15, 0.2) is 0 Å². The first-order valence-electron chi connectivity index (χ1n) is 5.42. The minimum atomic E-state index is 0.415. The number of nitrogens with zero attached hydrogens (tertiary/aromatic N) is 3. The van der Waals surface area contributed by atoms with Crippen LogP contribution < -0.4 is 5.73 Å². The van der Waals surface area contributed by atoms with E-state index in [2.05, 4.69) is 21.7 Å². The van der Waals surface area contributed by atoms with Crippen molar-refractivity contribution in [2.24, 2.45) is 11.7 Å². The molecular formula is C10H18N4. The van der Waals surface area contributed by atoms with E-state index >= 15 is 0 Å². The summed E-state index contributed by atoms with van der Waals surface area (Å²) in [6, 6.07) is 0.415. The van der Waals surface area contributed by atoms with E-state index in [-0.39, 0.29) is 0 Å². The number of hydrogen-bond acceptors (Lipinski definition) is 3. The summed E-state index contributed by atoms with van der Waals surface area (Å²) in [5.74, 6) is 1.84. The van der Waals surface area contributed by atoms with Gasteiger partial charge in [0.2, 0.25) is 0 Å². The van der Waals surface area contributed by atoms with E-state index < -0.39 is 0 Å². The molecule has 2 atom stereocenters. The zero-order valence-electron chi connectivity index (χ0n) is 8.69. The summed E-state index contributed by atoms with van der Waals surface area (Å²) >= 11 is 0. The maximum absolute atomic E-state index is 5.88. The third kappa shape index (κ3) is 1.95. The Morgan fingerprint density at radius 3 is 3.07 bits per heavy atom. The van der Waals surface area contributed by atoms with Crippen LogP contribution in [-0.2, 0) is 13.0 Å². The fraction of sp³-hybridized carbons (Fsp3) is 0.800. The van der Waals surface area contributed by atoms with Gasteiger partial charge in [-0.25, -0.2) is 0 Å². The van der Waals surface area contributed by atoms with Crippen LogP contribution in [0.3, 0.4) is 0 Å². The van der Waals surface area contributed by atoms with Gasteiger partial charge in [-0.3, -0.25) is 0 Å². The van der Waals surface area contributed by atoms with Gasteiger partial charge in [0, 0.05) is 19.0 Å². The molecule has 1 heterocycles. The molecule has 78 valence electrons. The minimum Gasteiger partial charge on any atom is -0.328 e. The Morgan fingerprint density at radius 2 is 2.43 bits per heavy atom. The Morgan fingerprint density at radius 1 is 1.57 bits per heavy atom. The molecule has 0 amide bonds. The average Bonchev–Trinajstić information content (AvgIpc) is 2.76. The molecule has 2 unspecified atom stereocenters. The highest BCUT2D eigenvalue weighted by Crippen LogP contribution is 2.26. The molecule has 2 N–H and O–H groups in total. The summed E-state index contributed by atoms with van der Waals surface area (Å²) in [5.41, 5.74) is 5.88. The second kappa shape index (κ2) is 4.09. The lowest BCUT2D eigenvalue weighted by molar-refractivity contribution is 0.504. The maximum Gasteiger partial charge on any atom is 0.133 e. The molecule has 1 aromatic heterocycles. The summed E-state index contributed by atoms with van der Waals surface area (Å²) in [4.78, 5) is 0. The quantitative estimate of drug-likeness (QED) is 0.780. The van der Waals surface area contributed by atoms with Gasteiger partial charge in [0.25, 0.3) is 0 Å². The lowest BCUT2D eigenvalue weighted by Crippen LogP contribution is -2.16. The summed E-state index contributed by atoms with van der Waals surface area (Å²) in [6.45, 7) is 3.08. The molecule has 4 nitrogen and oxygen atoms in total. The van der Waals surface area contributed by atoms with Crippen LogP contribution in [0.25, 0.3) is 0 Å². The summed E-state index contributed by atoms with van der Waals surface area (Å²) in [6.07, 6.45) is 6.42. The average molecular weight is 194 g/mol. The molecule has 0 saturated heterocycles. The van der Waals surface area contributed by atoms with Crippen LogP contribution in [0.15, 0.2) is 6.33 Å². The van der Waals surface area contributed by atoms with Crippen molar-refractivity contribution < 1.29 is 0 Å². The molecule has 1 aliphatic carbocycles. The molecule has 4 heteroatoms. The monoisotopic (exact) mass is 194 g/mol. The highest BCUT2D eigenvalue weighted by atomic mass is 15.3. The second-order valence-electron chi connectivity index (χ2n) is 4.18. The van der Waals surface area contributed by atoms with Gasteiger partial charge < -0.3 is 10.3 Å². The lowest BCUT2D eigenvalue weighted by atomic mass is 10.0. The summed E-state index contributed by atoms with van der Waals surface area (Å²) in [5, 5.41) is 8.08. The topological polar surface area (TPSA) is 56.7 Å². The van der Waals surface area contributed by atoms with Crippen molar-refractivity contribution in [3.05, 3.63) is 12.2 Å². The maximum atomic E-state index is 5.88. The van der Waals surface area contributed by atoms with E-state index in [0.29, 0.717) is 6.04 Å². The Bertz CT molecular complexity index is 294. The van der Waals surface area contributed by atoms with Gasteiger partial charge in [-0.05, 0) is 32.1 Å². The molecule has 1 fully saturated rings. The van der Waals surface area contributed by atoms with E-state index in [1.165, 1.54) is 12.8 Å². The molecular weight excluding hydrogens is 176 g/mol. The Hall–Kier alpha value is -0.900. The first-order chi connectivity index (χ1) is 6.79. The minimum absolute atomic E-state index is 0.415. The first kappa shape index (κ1) is 9.65. The molecule has 0 bridgehead atoms. The zero-order chi connectivity index (χ0) is 9.97. The SMILES string of the molecule is CCn1cnnc1CC1CCC(N)C1. The molecule has 0 aromatic carbocycles. The molecule has 2 rings (SSSR count). The molecule has 1 saturated carbocycles. The van der Waals surface area contributed by atoms with Gasteiger partial charge in [-0.15, -0.1) is 10.2 Å². The van der Waals surface area contributed by atoms with Gasteiger partial charge in [-0.2, -0.15) is 0 Å². The first-order valence-corrected chi connectivity index (χ1v) is 5.42. The number of hydrogen-bond donors (Lipinski definition) is 1. The van der Waals surface area contributed by atoms with Crippen molar-refractivity contribution in [2.45, 2.75) is 45.2 Å². The van der Waals surface area contributed by atoms with E-state index in [9.17, 15) is 0 Å². The van der Waals surface area contributed by atoms with Crippen LogP contribution >= 0.6 is 0 Å². The zero-order valence-corrected chi connectivity index (χ0v) is 8.69. The summed E-state index contributed by atoms with van der Waals surface area (Å²) in [7, 11) is 0. The Labute approximate surface area is 84.5 Å². The van der Waals surface area contributed by atoms with Crippen molar-refractivity contribution in [3.63, 3.8) is 0 Å². The highest BCUT2D eigenvalue weighted by Gasteiger charge is 2.23. The third-order valence-corrected chi connectivity index (χ3v) is 3.09. The molecule has 0 radical (unpaired) electrons. The molecule has 1 aromatic rings. The van der Waals surface area contributed by atoms with Crippen LogP contribution in [-0.4, -0.2) is 20.8 Å².